The number of nitrogens with one attached hydrogen (secondary N) is 1. The van der Waals surface area contributed by atoms with Gasteiger partial charge in [-0.15, -0.1) is 0 Å². The molecular weight excluding hydrogens is 352 g/mol. The van der Waals surface area contributed by atoms with Gasteiger partial charge in [0, 0.05) is 12.5 Å². The van der Waals surface area contributed by atoms with Crippen LogP contribution in [-0.2, 0) is 34.5 Å². The lowest BCUT2D eigenvalue weighted by molar-refractivity contribution is -0.136. The number of aromatic nitrogens is 2. The van der Waals surface area contributed by atoms with Crippen molar-refractivity contribution in [3.8, 4) is 0 Å². The standard InChI is InChI=1S/C18H24N4O3S/c1-13(2)18(23)21-7-8-22-16(12-21)10-15(20-22)11-19-26(24,25)17-6-4-5-14(3)9-17/h4-6,9-10,13,19H,7-8,11-12H2,1-3H3. The van der Waals surface area contributed by atoms with Crippen LogP contribution in [0.1, 0.15) is 30.8 Å². The molecule has 0 atom stereocenters. The van der Waals surface area contributed by atoms with Gasteiger partial charge in [0.1, 0.15) is 0 Å². The largest absolute Gasteiger partial charge is 0.335 e. The number of carbonyl (C=O) groups excluding carboxylic acids is 1. The summed E-state index contributed by atoms with van der Waals surface area (Å²) in [5.41, 5.74) is 2.46. The van der Waals surface area contributed by atoms with Crippen LogP contribution in [0.25, 0.3) is 0 Å². The molecule has 0 radical (unpaired) electrons. The summed E-state index contributed by atoms with van der Waals surface area (Å²) < 4.78 is 29.3. The van der Waals surface area contributed by atoms with Crippen molar-refractivity contribution in [3.63, 3.8) is 0 Å². The van der Waals surface area contributed by atoms with Crippen molar-refractivity contribution in [1.29, 1.82) is 0 Å². The summed E-state index contributed by atoms with van der Waals surface area (Å²) in [4.78, 5) is 14.2. The fraction of sp³-hybridized carbons (Fsp3) is 0.444. The number of fused-ring (bicyclic) bond motifs is 1. The third-order valence-electron chi connectivity index (χ3n) is 4.40. The predicted molar refractivity (Wildman–Crippen MR) is 97.7 cm³/mol. The van der Waals surface area contributed by atoms with E-state index >= 15 is 0 Å². The van der Waals surface area contributed by atoms with E-state index in [0.717, 1.165) is 11.3 Å². The summed E-state index contributed by atoms with van der Waals surface area (Å²) in [6.07, 6.45) is 0. The van der Waals surface area contributed by atoms with E-state index in [0.29, 0.717) is 25.3 Å². The topological polar surface area (TPSA) is 84.3 Å². The maximum absolute atomic E-state index is 12.4. The highest BCUT2D eigenvalue weighted by Gasteiger charge is 2.24. The molecule has 0 bridgehead atoms. The predicted octanol–water partition coefficient (Wildman–Crippen LogP) is 1.67. The van der Waals surface area contributed by atoms with E-state index in [1.54, 1.807) is 18.2 Å². The number of hydrogen-bond acceptors (Lipinski definition) is 4. The van der Waals surface area contributed by atoms with Gasteiger partial charge in [0.15, 0.2) is 0 Å². The Balaban J connectivity index is 1.69. The molecule has 1 aromatic heterocycles. The van der Waals surface area contributed by atoms with Crippen molar-refractivity contribution in [1.82, 2.24) is 19.4 Å². The van der Waals surface area contributed by atoms with Crippen molar-refractivity contribution in [2.45, 2.75) is 45.3 Å². The Labute approximate surface area is 154 Å². The Kier molecular flexibility index (Phi) is 5.15. The molecule has 0 aliphatic carbocycles. The van der Waals surface area contributed by atoms with Crippen molar-refractivity contribution < 1.29 is 13.2 Å². The molecule has 1 N–H and O–H groups in total. The SMILES string of the molecule is Cc1cccc(S(=O)(=O)NCc2cc3n(n2)CCN(C(=O)C(C)C)C3)c1. The summed E-state index contributed by atoms with van der Waals surface area (Å²) in [6.45, 7) is 7.51. The van der Waals surface area contributed by atoms with Gasteiger partial charge in [0.05, 0.1) is 35.9 Å². The van der Waals surface area contributed by atoms with Crippen LogP contribution in [0.2, 0.25) is 0 Å². The van der Waals surface area contributed by atoms with E-state index in [4.69, 9.17) is 0 Å². The first kappa shape index (κ1) is 18.6. The molecule has 3 rings (SSSR count). The number of amides is 1. The summed E-state index contributed by atoms with van der Waals surface area (Å²) in [5.74, 6) is 0.0873. The Morgan fingerprint density at radius 3 is 2.73 bits per heavy atom. The van der Waals surface area contributed by atoms with E-state index in [-0.39, 0.29) is 23.3 Å². The minimum absolute atomic E-state index is 0.0370. The van der Waals surface area contributed by atoms with Gasteiger partial charge in [-0.05, 0) is 30.7 Å². The fourth-order valence-electron chi connectivity index (χ4n) is 3.00. The first-order chi connectivity index (χ1) is 12.3. The Hall–Kier alpha value is -2.19. The van der Waals surface area contributed by atoms with Gasteiger partial charge in [-0.3, -0.25) is 9.48 Å². The van der Waals surface area contributed by atoms with Crippen molar-refractivity contribution in [3.05, 3.63) is 47.3 Å². The molecule has 1 aliphatic heterocycles. The maximum Gasteiger partial charge on any atom is 0.240 e. The number of benzene rings is 1. The van der Waals surface area contributed by atoms with Crippen LogP contribution in [0.15, 0.2) is 35.2 Å². The van der Waals surface area contributed by atoms with Gasteiger partial charge < -0.3 is 4.90 Å². The summed E-state index contributed by atoms with van der Waals surface area (Å²) >= 11 is 0. The number of rotatable bonds is 5. The highest BCUT2D eigenvalue weighted by atomic mass is 32.2. The number of carbonyl (C=O) groups is 1. The van der Waals surface area contributed by atoms with E-state index in [9.17, 15) is 13.2 Å². The van der Waals surface area contributed by atoms with Crippen molar-refractivity contribution >= 4 is 15.9 Å². The molecule has 1 amide bonds. The molecule has 2 heterocycles. The van der Waals surface area contributed by atoms with Gasteiger partial charge >= 0.3 is 0 Å². The van der Waals surface area contributed by atoms with Crippen LogP contribution in [0.3, 0.4) is 0 Å². The number of hydrogen-bond donors (Lipinski definition) is 1. The van der Waals surface area contributed by atoms with Crippen LogP contribution in [0, 0.1) is 12.8 Å². The quantitative estimate of drug-likeness (QED) is 0.860. The normalized spacial score (nSPS) is 14.5. The second kappa shape index (κ2) is 7.20. The molecule has 140 valence electrons. The molecule has 8 heteroatoms. The number of sulfonamides is 1. The molecule has 0 spiro atoms. The van der Waals surface area contributed by atoms with E-state index in [1.165, 1.54) is 0 Å². The molecule has 0 fully saturated rings. The Morgan fingerprint density at radius 2 is 2.04 bits per heavy atom. The second-order valence-electron chi connectivity index (χ2n) is 6.91. The number of aryl methyl sites for hydroxylation is 1. The molecular formula is C18H24N4O3S. The smallest absolute Gasteiger partial charge is 0.240 e. The molecule has 0 saturated heterocycles. The van der Waals surface area contributed by atoms with Gasteiger partial charge in [-0.2, -0.15) is 5.10 Å². The lowest BCUT2D eigenvalue weighted by Gasteiger charge is -2.29. The fourth-order valence-corrected chi connectivity index (χ4v) is 4.10. The molecule has 0 unspecified atom stereocenters. The molecule has 0 saturated carbocycles. The zero-order valence-corrected chi connectivity index (χ0v) is 16.1. The van der Waals surface area contributed by atoms with E-state index in [1.807, 2.05) is 42.5 Å². The molecule has 26 heavy (non-hydrogen) atoms. The summed E-state index contributed by atoms with van der Waals surface area (Å²) in [7, 11) is -3.58. The monoisotopic (exact) mass is 376 g/mol. The summed E-state index contributed by atoms with van der Waals surface area (Å²) in [5, 5.41) is 4.46. The minimum Gasteiger partial charge on any atom is -0.335 e. The first-order valence-corrected chi connectivity index (χ1v) is 10.2. The van der Waals surface area contributed by atoms with Gasteiger partial charge in [0.2, 0.25) is 15.9 Å². The van der Waals surface area contributed by atoms with Crippen LogP contribution in [-0.4, -0.2) is 35.6 Å². The van der Waals surface area contributed by atoms with Crippen LogP contribution >= 0.6 is 0 Å². The molecule has 1 aromatic carbocycles. The zero-order chi connectivity index (χ0) is 18.9. The molecule has 1 aliphatic rings. The van der Waals surface area contributed by atoms with E-state index < -0.39 is 10.0 Å². The molecule has 2 aromatic rings. The van der Waals surface area contributed by atoms with Crippen LogP contribution < -0.4 is 4.72 Å². The summed E-state index contributed by atoms with van der Waals surface area (Å²) in [6, 6.07) is 8.64. The second-order valence-corrected chi connectivity index (χ2v) is 8.67. The lowest BCUT2D eigenvalue weighted by Crippen LogP contribution is -2.40. The van der Waals surface area contributed by atoms with E-state index in [2.05, 4.69) is 9.82 Å². The molecule has 7 nitrogen and oxygen atoms in total. The average Bonchev–Trinajstić information content (AvgIpc) is 3.01. The Bertz CT molecular complexity index is 918. The highest BCUT2D eigenvalue weighted by molar-refractivity contribution is 7.89. The van der Waals surface area contributed by atoms with Crippen LogP contribution in [0.4, 0.5) is 0 Å². The number of nitrogens with zero attached hydrogens (tertiary/aromatic N) is 3. The lowest BCUT2D eigenvalue weighted by atomic mass is 10.1. The Morgan fingerprint density at radius 1 is 1.27 bits per heavy atom. The first-order valence-electron chi connectivity index (χ1n) is 8.67. The maximum atomic E-state index is 12.4. The minimum atomic E-state index is -3.58. The van der Waals surface area contributed by atoms with Crippen LogP contribution in [0.5, 0.6) is 0 Å². The highest BCUT2D eigenvalue weighted by Crippen LogP contribution is 2.17. The average molecular weight is 376 g/mol. The van der Waals surface area contributed by atoms with Gasteiger partial charge in [-0.25, -0.2) is 13.1 Å². The van der Waals surface area contributed by atoms with Gasteiger partial charge in [0.25, 0.3) is 0 Å². The van der Waals surface area contributed by atoms with Crippen molar-refractivity contribution in [2.75, 3.05) is 6.54 Å². The van der Waals surface area contributed by atoms with Gasteiger partial charge in [-0.1, -0.05) is 26.0 Å². The zero-order valence-electron chi connectivity index (χ0n) is 15.3. The van der Waals surface area contributed by atoms with Crippen molar-refractivity contribution in [2.24, 2.45) is 5.92 Å². The third kappa shape index (κ3) is 3.96. The third-order valence-corrected chi connectivity index (χ3v) is 5.80.